The molecule has 0 atom stereocenters. The molecule has 4 rings (SSSR count). The molecule has 4 aromatic rings. The Bertz CT molecular complexity index is 1290. The molecule has 0 saturated heterocycles. The number of nitro groups is 1. The maximum atomic E-state index is 12.9. The van der Waals surface area contributed by atoms with Crippen molar-refractivity contribution in [1.29, 1.82) is 5.26 Å². The minimum Gasteiger partial charge on any atom is -0.353 e. The van der Waals surface area contributed by atoms with Gasteiger partial charge in [-0.2, -0.15) is 5.26 Å². The standard InChI is InChI=1S/C19H12N4O3/c1-11-2-7-16-15(8-11)18-17(21-16)9-12(10-20)19(24)22(18)13-3-5-14(6-4-13)23(25)26/h2-9,21H,1H3. The van der Waals surface area contributed by atoms with Crippen molar-refractivity contribution in [2.75, 3.05) is 0 Å². The monoisotopic (exact) mass is 344 g/mol. The van der Waals surface area contributed by atoms with E-state index in [1.807, 2.05) is 31.2 Å². The minimum absolute atomic E-state index is 0.000805. The summed E-state index contributed by atoms with van der Waals surface area (Å²) in [4.78, 5) is 26.5. The largest absolute Gasteiger partial charge is 0.353 e. The van der Waals surface area contributed by atoms with Gasteiger partial charge in [-0.05, 0) is 37.3 Å². The Kier molecular flexibility index (Phi) is 3.34. The first-order valence-corrected chi connectivity index (χ1v) is 7.82. The van der Waals surface area contributed by atoms with Gasteiger partial charge in [0.15, 0.2) is 0 Å². The van der Waals surface area contributed by atoms with Crippen LogP contribution in [-0.4, -0.2) is 14.5 Å². The summed E-state index contributed by atoms with van der Waals surface area (Å²) in [5, 5.41) is 21.1. The van der Waals surface area contributed by atoms with Crippen LogP contribution in [0.3, 0.4) is 0 Å². The fourth-order valence-electron chi connectivity index (χ4n) is 3.14. The first-order chi connectivity index (χ1) is 12.5. The molecule has 2 aromatic carbocycles. The van der Waals surface area contributed by atoms with Crippen molar-refractivity contribution in [2.24, 2.45) is 0 Å². The fourth-order valence-corrected chi connectivity index (χ4v) is 3.14. The van der Waals surface area contributed by atoms with Gasteiger partial charge in [0.2, 0.25) is 0 Å². The number of H-pyrrole nitrogens is 1. The van der Waals surface area contributed by atoms with Crippen LogP contribution >= 0.6 is 0 Å². The van der Waals surface area contributed by atoms with Gasteiger partial charge in [0, 0.05) is 28.7 Å². The van der Waals surface area contributed by atoms with Crippen molar-refractivity contribution in [3.8, 4) is 11.8 Å². The number of nitriles is 1. The Balaban J connectivity index is 2.15. The van der Waals surface area contributed by atoms with Gasteiger partial charge in [0.1, 0.15) is 11.6 Å². The lowest BCUT2D eigenvalue weighted by molar-refractivity contribution is -0.384. The summed E-state index contributed by atoms with van der Waals surface area (Å²) in [5.41, 5.74) is 3.10. The number of nitrogens with zero attached hydrogens (tertiary/aromatic N) is 3. The minimum atomic E-state index is -0.497. The molecule has 0 aliphatic rings. The van der Waals surface area contributed by atoms with Crippen molar-refractivity contribution < 1.29 is 4.92 Å². The zero-order chi connectivity index (χ0) is 18.4. The highest BCUT2D eigenvalue weighted by molar-refractivity contribution is 6.06. The predicted molar refractivity (Wildman–Crippen MR) is 97.5 cm³/mol. The van der Waals surface area contributed by atoms with Gasteiger partial charge in [0.05, 0.1) is 16.0 Å². The normalized spacial score (nSPS) is 10.9. The first kappa shape index (κ1) is 15.6. The number of aromatic nitrogens is 2. The van der Waals surface area contributed by atoms with Crippen LogP contribution < -0.4 is 5.56 Å². The highest BCUT2D eigenvalue weighted by Crippen LogP contribution is 2.28. The smallest absolute Gasteiger partial charge is 0.273 e. The molecule has 2 aromatic heterocycles. The number of aromatic amines is 1. The quantitative estimate of drug-likeness (QED) is 0.443. The highest BCUT2D eigenvalue weighted by atomic mass is 16.6. The molecule has 0 aliphatic carbocycles. The summed E-state index contributed by atoms with van der Waals surface area (Å²) in [6.07, 6.45) is 0. The Morgan fingerprint density at radius 2 is 1.85 bits per heavy atom. The molecular formula is C19H12N4O3. The molecular weight excluding hydrogens is 332 g/mol. The van der Waals surface area contributed by atoms with Crippen LogP contribution in [0.1, 0.15) is 11.1 Å². The zero-order valence-corrected chi connectivity index (χ0v) is 13.7. The van der Waals surface area contributed by atoms with E-state index in [9.17, 15) is 20.2 Å². The van der Waals surface area contributed by atoms with E-state index in [0.717, 1.165) is 16.5 Å². The summed E-state index contributed by atoms with van der Waals surface area (Å²) >= 11 is 0. The average molecular weight is 344 g/mol. The molecule has 0 fully saturated rings. The molecule has 0 bridgehead atoms. The van der Waals surface area contributed by atoms with Crippen molar-refractivity contribution >= 4 is 27.6 Å². The van der Waals surface area contributed by atoms with Gasteiger partial charge in [-0.15, -0.1) is 0 Å². The van der Waals surface area contributed by atoms with E-state index in [2.05, 4.69) is 4.98 Å². The summed E-state index contributed by atoms with van der Waals surface area (Å²) in [7, 11) is 0. The Morgan fingerprint density at radius 1 is 1.12 bits per heavy atom. The van der Waals surface area contributed by atoms with Crippen molar-refractivity contribution in [2.45, 2.75) is 6.92 Å². The van der Waals surface area contributed by atoms with Gasteiger partial charge in [-0.3, -0.25) is 19.5 Å². The van der Waals surface area contributed by atoms with E-state index in [1.165, 1.54) is 34.9 Å². The maximum Gasteiger partial charge on any atom is 0.273 e. The van der Waals surface area contributed by atoms with Crippen molar-refractivity contribution in [3.63, 3.8) is 0 Å². The van der Waals surface area contributed by atoms with Gasteiger partial charge in [-0.1, -0.05) is 11.6 Å². The fraction of sp³-hybridized carbons (Fsp3) is 0.0526. The second-order valence-corrected chi connectivity index (χ2v) is 6.02. The molecule has 0 unspecified atom stereocenters. The maximum absolute atomic E-state index is 12.9. The zero-order valence-electron chi connectivity index (χ0n) is 13.7. The Hall–Kier alpha value is -3.92. The van der Waals surface area contributed by atoms with E-state index in [0.29, 0.717) is 16.7 Å². The molecule has 1 N–H and O–H groups in total. The van der Waals surface area contributed by atoms with E-state index >= 15 is 0 Å². The predicted octanol–water partition coefficient (Wildman–Crippen LogP) is 3.56. The number of hydrogen-bond donors (Lipinski definition) is 1. The Morgan fingerprint density at radius 3 is 2.50 bits per heavy atom. The summed E-state index contributed by atoms with van der Waals surface area (Å²) in [6.45, 7) is 1.95. The van der Waals surface area contributed by atoms with Gasteiger partial charge in [-0.25, -0.2) is 0 Å². The number of nitro benzene ring substituents is 1. The van der Waals surface area contributed by atoms with Crippen LogP contribution in [0.2, 0.25) is 0 Å². The molecule has 7 heteroatoms. The highest BCUT2D eigenvalue weighted by Gasteiger charge is 2.16. The molecule has 7 nitrogen and oxygen atoms in total. The number of nitrogens with one attached hydrogen (secondary N) is 1. The molecule has 0 amide bonds. The van der Waals surface area contributed by atoms with E-state index in [1.54, 1.807) is 0 Å². The number of fused-ring (bicyclic) bond motifs is 3. The summed E-state index contributed by atoms with van der Waals surface area (Å²) in [5.74, 6) is 0. The molecule has 0 aliphatic heterocycles. The van der Waals surface area contributed by atoms with Crippen LogP contribution in [0.5, 0.6) is 0 Å². The molecule has 0 saturated carbocycles. The van der Waals surface area contributed by atoms with Crippen LogP contribution in [0.25, 0.3) is 27.6 Å². The molecule has 26 heavy (non-hydrogen) atoms. The number of hydrogen-bond acceptors (Lipinski definition) is 4. The Labute approximate surface area is 146 Å². The van der Waals surface area contributed by atoms with Gasteiger partial charge < -0.3 is 4.98 Å². The van der Waals surface area contributed by atoms with Crippen LogP contribution in [0.15, 0.2) is 53.3 Å². The second-order valence-electron chi connectivity index (χ2n) is 6.02. The second kappa shape index (κ2) is 5.57. The van der Waals surface area contributed by atoms with Crippen molar-refractivity contribution in [3.05, 3.63) is 80.1 Å². The first-order valence-electron chi connectivity index (χ1n) is 7.82. The molecule has 0 spiro atoms. The number of non-ortho nitro benzene ring substituents is 1. The molecule has 2 heterocycles. The summed E-state index contributed by atoms with van der Waals surface area (Å²) < 4.78 is 1.43. The third-order valence-electron chi connectivity index (χ3n) is 4.34. The topological polar surface area (TPSA) is 105 Å². The van der Waals surface area contributed by atoms with Gasteiger partial charge >= 0.3 is 0 Å². The third kappa shape index (κ3) is 2.24. The molecule has 0 radical (unpaired) electrons. The van der Waals surface area contributed by atoms with Crippen molar-refractivity contribution in [1.82, 2.24) is 9.55 Å². The number of pyridine rings is 1. The third-order valence-corrected chi connectivity index (χ3v) is 4.34. The van der Waals surface area contributed by atoms with E-state index < -0.39 is 10.5 Å². The number of benzene rings is 2. The average Bonchev–Trinajstić information content (AvgIpc) is 2.98. The van der Waals surface area contributed by atoms with Crippen LogP contribution in [0.4, 0.5) is 5.69 Å². The van der Waals surface area contributed by atoms with Crippen LogP contribution in [-0.2, 0) is 0 Å². The lowest BCUT2D eigenvalue weighted by atomic mass is 10.1. The lowest BCUT2D eigenvalue weighted by Crippen LogP contribution is -2.21. The lowest BCUT2D eigenvalue weighted by Gasteiger charge is -2.09. The van der Waals surface area contributed by atoms with E-state index in [4.69, 9.17) is 0 Å². The molecule has 126 valence electrons. The van der Waals surface area contributed by atoms with Crippen LogP contribution in [0, 0.1) is 28.4 Å². The van der Waals surface area contributed by atoms with Gasteiger partial charge in [0.25, 0.3) is 11.2 Å². The SMILES string of the molecule is Cc1ccc2[nH]c3cc(C#N)c(=O)n(-c4ccc([N+](=O)[O-])cc4)c3c2c1. The van der Waals surface area contributed by atoms with E-state index in [-0.39, 0.29) is 11.3 Å². The number of rotatable bonds is 2. The number of aryl methyl sites for hydroxylation is 1. The summed E-state index contributed by atoms with van der Waals surface area (Å²) in [6, 6.07) is 15.0.